The van der Waals surface area contributed by atoms with Gasteiger partial charge in [-0.3, -0.25) is 0 Å². The second kappa shape index (κ2) is 2.01. The zero-order valence-corrected chi connectivity index (χ0v) is 6.87. The molecule has 3 aliphatic carbocycles. The van der Waals surface area contributed by atoms with E-state index in [1.165, 1.54) is 25.7 Å². The fraction of sp³-hybridized carbons (Fsp3) is 1.00. The van der Waals surface area contributed by atoms with Crippen LogP contribution in [0.1, 0.15) is 32.1 Å². The van der Waals surface area contributed by atoms with E-state index in [0.29, 0.717) is 5.92 Å². The van der Waals surface area contributed by atoms with Gasteiger partial charge in [-0.2, -0.15) is 0 Å². The van der Waals surface area contributed by atoms with Gasteiger partial charge in [0.05, 0.1) is 6.10 Å². The fourth-order valence-electron chi connectivity index (χ4n) is 4.03. The van der Waals surface area contributed by atoms with Crippen LogP contribution in [-0.4, -0.2) is 11.2 Å². The molecule has 0 heterocycles. The van der Waals surface area contributed by atoms with Crippen LogP contribution < -0.4 is 0 Å². The summed E-state index contributed by atoms with van der Waals surface area (Å²) in [6, 6.07) is 0. The van der Waals surface area contributed by atoms with Crippen molar-refractivity contribution >= 4 is 0 Å². The third kappa shape index (κ3) is 0.703. The minimum atomic E-state index is 0.0827. The Kier molecular flexibility index (Phi) is 1.18. The highest BCUT2D eigenvalue weighted by Gasteiger charge is 2.53. The number of aliphatic hydroxyl groups is 1. The summed E-state index contributed by atoms with van der Waals surface area (Å²) in [5.74, 6) is 3.60. The van der Waals surface area contributed by atoms with Crippen molar-refractivity contribution in [3.8, 4) is 0 Å². The molecule has 2 bridgehead atoms. The van der Waals surface area contributed by atoms with Gasteiger partial charge in [0.15, 0.2) is 0 Å². The lowest BCUT2D eigenvalue weighted by atomic mass is 9.80. The number of aliphatic hydroxyl groups excluding tert-OH is 1. The zero-order chi connectivity index (χ0) is 7.42. The first-order chi connectivity index (χ1) is 5.36. The topological polar surface area (TPSA) is 20.2 Å². The molecule has 0 radical (unpaired) electrons. The normalized spacial score (nSPS) is 60.3. The van der Waals surface area contributed by atoms with Crippen LogP contribution in [0.25, 0.3) is 0 Å². The van der Waals surface area contributed by atoms with Gasteiger partial charge < -0.3 is 5.11 Å². The van der Waals surface area contributed by atoms with E-state index in [9.17, 15) is 5.11 Å². The van der Waals surface area contributed by atoms with Gasteiger partial charge in [0.1, 0.15) is 0 Å². The molecule has 3 rings (SSSR count). The van der Waals surface area contributed by atoms with Crippen LogP contribution in [0.5, 0.6) is 0 Å². The van der Waals surface area contributed by atoms with E-state index in [2.05, 4.69) is 0 Å². The summed E-state index contributed by atoms with van der Waals surface area (Å²) in [5.41, 5.74) is 0. The molecular weight excluding hydrogens is 136 g/mol. The smallest absolute Gasteiger partial charge is 0.0574 e. The Morgan fingerprint density at radius 2 is 1.73 bits per heavy atom. The van der Waals surface area contributed by atoms with Crippen molar-refractivity contribution in [3.63, 3.8) is 0 Å². The maximum Gasteiger partial charge on any atom is 0.0574 e. The molecule has 0 unspecified atom stereocenters. The molecule has 0 aromatic carbocycles. The van der Waals surface area contributed by atoms with E-state index >= 15 is 0 Å². The summed E-state index contributed by atoms with van der Waals surface area (Å²) in [7, 11) is 0. The highest BCUT2D eigenvalue weighted by Crippen LogP contribution is 2.58. The Morgan fingerprint density at radius 3 is 2.64 bits per heavy atom. The monoisotopic (exact) mass is 152 g/mol. The van der Waals surface area contributed by atoms with Crippen LogP contribution in [0.2, 0.25) is 0 Å². The lowest BCUT2D eigenvalue weighted by Gasteiger charge is -2.28. The molecule has 0 spiro atoms. The van der Waals surface area contributed by atoms with Crippen molar-refractivity contribution in [2.75, 3.05) is 0 Å². The average Bonchev–Trinajstić information content (AvgIpc) is 2.52. The molecule has 1 nitrogen and oxygen atoms in total. The molecule has 11 heavy (non-hydrogen) atoms. The number of fused-ring (bicyclic) bond motifs is 5. The number of rotatable bonds is 0. The first kappa shape index (κ1) is 6.47. The largest absolute Gasteiger partial charge is 0.393 e. The van der Waals surface area contributed by atoms with Gasteiger partial charge in [-0.1, -0.05) is 6.42 Å². The molecule has 5 atom stereocenters. The molecule has 3 aliphatic rings. The summed E-state index contributed by atoms with van der Waals surface area (Å²) >= 11 is 0. The first-order valence-corrected chi connectivity index (χ1v) is 5.04. The van der Waals surface area contributed by atoms with Crippen LogP contribution in [0.15, 0.2) is 0 Å². The third-order valence-corrected chi connectivity index (χ3v) is 4.39. The van der Waals surface area contributed by atoms with Crippen molar-refractivity contribution in [3.05, 3.63) is 0 Å². The summed E-state index contributed by atoms with van der Waals surface area (Å²) in [5, 5.41) is 9.67. The quantitative estimate of drug-likeness (QED) is 0.561. The summed E-state index contributed by atoms with van der Waals surface area (Å²) in [6.07, 6.45) is 6.90. The lowest BCUT2D eigenvalue weighted by Crippen LogP contribution is -2.27. The van der Waals surface area contributed by atoms with Gasteiger partial charge in [0.25, 0.3) is 0 Å². The Bertz CT molecular complexity index is 178. The SMILES string of the molecule is O[C@H]1C[C@@H]2C[C@@H]1[C@@H]1CCC[C@@H]21. The van der Waals surface area contributed by atoms with Crippen LogP contribution in [0, 0.1) is 23.7 Å². The van der Waals surface area contributed by atoms with Crippen molar-refractivity contribution in [1.29, 1.82) is 0 Å². The van der Waals surface area contributed by atoms with E-state index in [0.717, 1.165) is 24.2 Å². The Hall–Kier alpha value is -0.0400. The van der Waals surface area contributed by atoms with Gasteiger partial charge in [-0.25, -0.2) is 0 Å². The van der Waals surface area contributed by atoms with Crippen LogP contribution in [0.4, 0.5) is 0 Å². The molecule has 1 N–H and O–H groups in total. The maximum absolute atomic E-state index is 9.67. The molecule has 0 aliphatic heterocycles. The second-order valence-electron chi connectivity index (χ2n) is 4.72. The summed E-state index contributed by atoms with van der Waals surface area (Å²) < 4.78 is 0. The molecule has 0 amide bonds. The molecule has 0 aromatic rings. The Morgan fingerprint density at radius 1 is 0.909 bits per heavy atom. The first-order valence-electron chi connectivity index (χ1n) is 5.04. The van der Waals surface area contributed by atoms with Gasteiger partial charge in [0.2, 0.25) is 0 Å². The fourth-order valence-corrected chi connectivity index (χ4v) is 4.03. The molecular formula is C10H16O. The van der Waals surface area contributed by atoms with E-state index in [-0.39, 0.29) is 6.10 Å². The van der Waals surface area contributed by atoms with Crippen LogP contribution >= 0.6 is 0 Å². The van der Waals surface area contributed by atoms with Gasteiger partial charge >= 0.3 is 0 Å². The Labute approximate surface area is 67.8 Å². The molecule has 1 heteroatoms. The number of hydrogen-bond donors (Lipinski definition) is 1. The van der Waals surface area contributed by atoms with E-state index in [4.69, 9.17) is 0 Å². The third-order valence-electron chi connectivity index (χ3n) is 4.39. The van der Waals surface area contributed by atoms with Gasteiger partial charge in [0, 0.05) is 0 Å². The summed E-state index contributed by atoms with van der Waals surface area (Å²) in [6.45, 7) is 0. The number of hydrogen-bond acceptors (Lipinski definition) is 1. The van der Waals surface area contributed by atoms with Crippen LogP contribution in [0.3, 0.4) is 0 Å². The molecule has 62 valence electrons. The minimum absolute atomic E-state index is 0.0827. The maximum atomic E-state index is 9.67. The summed E-state index contributed by atoms with van der Waals surface area (Å²) in [4.78, 5) is 0. The van der Waals surface area contributed by atoms with E-state index < -0.39 is 0 Å². The minimum Gasteiger partial charge on any atom is -0.393 e. The average molecular weight is 152 g/mol. The van der Waals surface area contributed by atoms with Crippen molar-refractivity contribution in [1.82, 2.24) is 0 Å². The predicted molar refractivity (Wildman–Crippen MR) is 43.1 cm³/mol. The van der Waals surface area contributed by atoms with Crippen molar-refractivity contribution < 1.29 is 5.11 Å². The van der Waals surface area contributed by atoms with Gasteiger partial charge in [-0.05, 0) is 49.4 Å². The molecule has 3 saturated carbocycles. The standard InChI is InChI=1S/C10H16O/c11-10-5-6-4-9(10)8-3-1-2-7(6)8/h6-11H,1-5H2/t6-,7-,8+,9+,10-/m0/s1. The van der Waals surface area contributed by atoms with Crippen molar-refractivity contribution in [2.24, 2.45) is 23.7 Å². The molecule has 0 saturated heterocycles. The highest BCUT2D eigenvalue weighted by atomic mass is 16.3. The van der Waals surface area contributed by atoms with Crippen LogP contribution in [-0.2, 0) is 0 Å². The molecule has 3 fully saturated rings. The molecule has 0 aromatic heterocycles. The second-order valence-corrected chi connectivity index (χ2v) is 4.72. The predicted octanol–water partition coefficient (Wildman–Crippen LogP) is 1.80. The van der Waals surface area contributed by atoms with Crippen molar-refractivity contribution in [2.45, 2.75) is 38.2 Å². The zero-order valence-electron chi connectivity index (χ0n) is 6.87. The van der Waals surface area contributed by atoms with Gasteiger partial charge in [-0.15, -0.1) is 0 Å². The lowest BCUT2D eigenvalue weighted by molar-refractivity contribution is 0.0642. The van der Waals surface area contributed by atoms with E-state index in [1.807, 2.05) is 0 Å². The highest BCUT2D eigenvalue weighted by molar-refractivity contribution is 5.02. The Balaban J connectivity index is 1.90. The van der Waals surface area contributed by atoms with E-state index in [1.54, 1.807) is 0 Å².